The second kappa shape index (κ2) is 8.19. The Morgan fingerprint density at radius 3 is 2.13 bits per heavy atom. The zero-order valence-electron chi connectivity index (χ0n) is 13.0. The zero-order chi connectivity index (χ0) is 16.2. The number of ether oxygens (including phenoxy) is 2. The number of hydrogen-bond acceptors (Lipinski definition) is 5. The largest absolute Gasteiger partial charge is 0.493 e. The minimum Gasteiger partial charge on any atom is -0.493 e. The first-order valence-corrected chi connectivity index (χ1v) is 8.66. The molecule has 0 radical (unpaired) electrons. The minimum atomic E-state index is -3.19. The van der Waals surface area contributed by atoms with E-state index in [0.29, 0.717) is 29.5 Å². The molecule has 2 rings (SSSR count). The van der Waals surface area contributed by atoms with Gasteiger partial charge in [-0.05, 0) is 35.4 Å². The van der Waals surface area contributed by atoms with E-state index in [-0.39, 0.29) is 12.4 Å². The lowest BCUT2D eigenvalue weighted by Gasteiger charge is -2.12. The van der Waals surface area contributed by atoms with E-state index in [2.05, 4.69) is 0 Å². The summed E-state index contributed by atoms with van der Waals surface area (Å²) in [7, 11) is -1.62. The molecule has 0 aliphatic rings. The maximum atomic E-state index is 11.5. The number of methoxy groups -OCH3 is 1. The van der Waals surface area contributed by atoms with Gasteiger partial charge in [-0.15, -0.1) is 12.4 Å². The summed E-state index contributed by atoms with van der Waals surface area (Å²) in [5.74, 6) is 1.24. The number of sulfone groups is 1. The van der Waals surface area contributed by atoms with Crippen LogP contribution in [0.25, 0.3) is 11.1 Å². The van der Waals surface area contributed by atoms with E-state index < -0.39 is 9.84 Å². The van der Waals surface area contributed by atoms with E-state index in [4.69, 9.17) is 15.2 Å². The van der Waals surface area contributed by atoms with Gasteiger partial charge in [-0.2, -0.15) is 0 Å². The maximum Gasteiger partial charge on any atom is 0.175 e. The van der Waals surface area contributed by atoms with Gasteiger partial charge in [0, 0.05) is 12.8 Å². The van der Waals surface area contributed by atoms with Crippen LogP contribution in [-0.2, 0) is 9.84 Å². The zero-order valence-corrected chi connectivity index (χ0v) is 14.6. The van der Waals surface area contributed by atoms with E-state index in [1.165, 1.54) is 6.26 Å². The van der Waals surface area contributed by atoms with Crippen molar-refractivity contribution in [3.8, 4) is 22.6 Å². The first-order valence-electron chi connectivity index (χ1n) is 6.77. The first kappa shape index (κ1) is 19.3. The van der Waals surface area contributed by atoms with Gasteiger partial charge in [0.2, 0.25) is 0 Å². The molecule has 0 amide bonds. The third kappa shape index (κ3) is 4.86. The molecule has 0 bridgehead atoms. The Morgan fingerprint density at radius 1 is 1.00 bits per heavy atom. The monoisotopic (exact) mass is 357 g/mol. The molecule has 7 heteroatoms. The number of nitrogens with two attached hydrogens (primary N) is 1. The fourth-order valence-corrected chi connectivity index (χ4v) is 2.66. The highest BCUT2D eigenvalue weighted by atomic mass is 35.5. The van der Waals surface area contributed by atoms with E-state index >= 15 is 0 Å². The Kier molecular flexibility index (Phi) is 6.87. The van der Waals surface area contributed by atoms with Crippen LogP contribution in [0.2, 0.25) is 0 Å². The molecule has 0 aromatic heterocycles. The van der Waals surface area contributed by atoms with Crippen LogP contribution < -0.4 is 15.2 Å². The Balaban J connectivity index is 0.00000264. The maximum absolute atomic E-state index is 11.5. The van der Waals surface area contributed by atoms with Gasteiger partial charge in [0.25, 0.3) is 0 Å². The average Bonchev–Trinajstić information content (AvgIpc) is 2.52. The van der Waals surface area contributed by atoms with Crippen molar-refractivity contribution in [2.75, 3.05) is 26.5 Å². The molecule has 0 heterocycles. The molecule has 0 saturated heterocycles. The third-order valence-corrected chi connectivity index (χ3v) is 4.28. The molecule has 2 aromatic rings. The van der Waals surface area contributed by atoms with Crippen molar-refractivity contribution in [1.82, 2.24) is 0 Å². The van der Waals surface area contributed by atoms with Crippen molar-refractivity contribution in [3.05, 3.63) is 42.5 Å². The fraction of sp³-hybridized carbons (Fsp3) is 0.250. The van der Waals surface area contributed by atoms with Crippen molar-refractivity contribution < 1.29 is 17.9 Å². The van der Waals surface area contributed by atoms with Crippen LogP contribution in [0.15, 0.2) is 47.4 Å². The summed E-state index contributed by atoms with van der Waals surface area (Å²) in [5.41, 5.74) is 7.24. The summed E-state index contributed by atoms with van der Waals surface area (Å²) < 4.78 is 33.8. The van der Waals surface area contributed by atoms with Gasteiger partial charge in [0.15, 0.2) is 21.3 Å². The molecule has 2 aromatic carbocycles. The molecule has 2 N–H and O–H groups in total. The molecule has 0 aliphatic carbocycles. The highest BCUT2D eigenvalue weighted by Gasteiger charge is 2.09. The molecule has 0 fully saturated rings. The molecular weight excluding hydrogens is 338 g/mol. The van der Waals surface area contributed by atoms with Crippen molar-refractivity contribution in [3.63, 3.8) is 0 Å². The second-order valence-electron chi connectivity index (χ2n) is 4.80. The summed E-state index contributed by atoms with van der Waals surface area (Å²) in [6, 6.07) is 12.3. The smallest absolute Gasteiger partial charge is 0.175 e. The summed E-state index contributed by atoms with van der Waals surface area (Å²) >= 11 is 0. The summed E-state index contributed by atoms with van der Waals surface area (Å²) in [4.78, 5) is 0.297. The number of benzene rings is 2. The molecule has 0 aliphatic heterocycles. The molecular formula is C16H20ClNO4S. The average molecular weight is 358 g/mol. The van der Waals surface area contributed by atoms with Crippen LogP contribution in [0.1, 0.15) is 0 Å². The minimum absolute atomic E-state index is 0. The van der Waals surface area contributed by atoms with Crippen molar-refractivity contribution in [2.24, 2.45) is 5.73 Å². The number of rotatable bonds is 6. The van der Waals surface area contributed by atoms with Gasteiger partial charge in [0.1, 0.15) is 6.61 Å². The fourth-order valence-electron chi connectivity index (χ4n) is 2.03. The highest BCUT2D eigenvalue weighted by Crippen LogP contribution is 2.32. The molecule has 0 atom stereocenters. The van der Waals surface area contributed by atoms with Gasteiger partial charge < -0.3 is 15.2 Å². The molecule has 126 valence electrons. The summed E-state index contributed by atoms with van der Waals surface area (Å²) in [6.07, 6.45) is 1.19. The van der Waals surface area contributed by atoms with Gasteiger partial charge in [-0.25, -0.2) is 8.42 Å². The van der Waals surface area contributed by atoms with Crippen LogP contribution in [0.3, 0.4) is 0 Å². The van der Waals surface area contributed by atoms with Crippen LogP contribution in [0.5, 0.6) is 11.5 Å². The van der Waals surface area contributed by atoms with E-state index in [0.717, 1.165) is 11.1 Å². The molecule has 23 heavy (non-hydrogen) atoms. The summed E-state index contributed by atoms with van der Waals surface area (Å²) in [5, 5.41) is 0. The SMILES string of the molecule is COc1cc(-c2ccc(S(C)(=O)=O)cc2)ccc1OCCN.Cl. The van der Waals surface area contributed by atoms with E-state index in [1.807, 2.05) is 18.2 Å². The van der Waals surface area contributed by atoms with E-state index in [9.17, 15) is 8.42 Å². The second-order valence-corrected chi connectivity index (χ2v) is 6.82. The Hall–Kier alpha value is -1.76. The first-order chi connectivity index (χ1) is 10.5. The lowest BCUT2D eigenvalue weighted by atomic mass is 10.1. The Bertz CT molecular complexity index is 745. The van der Waals surface area contributed by atoms with E-state index in [1.54, 1.807) is 31.4 Å². The van der Waals surface area contributed by atoms with Crippen LogP contribution in [0.4, 0.5) is 0 Å². The van der Waals surface area contributed by atoms with Gasteiger partial charge >= 0.3 is 0 Å². The standard InChI is InChI=1S/C16H19NO4S.ClH/c1-20-16-11-13(5-8-15(16)21-10-9-17)12-3-6-14(7-4-12)22(2,18)19;/h3-8,11H,9-10,17H2,1-2H3;1H. The van der Waals surface area contributed by atoms with Crippen molar-refractivity contribution in [2.45, 2.75) is 4.90 Å². The number of hydrogen-bond donors (Lipinski definition) is 1. The quantitative estimate of drug-likeness (QED) is 0.859. The van der Waals surface area contributed by atoms with Crippen LogP contribution >= 0.6 is 12.4 Å². The third-order valence-electron chi connectivity index (χ3n) is 3.15. The predicted molar refractivity (Wildman–Crippen MR) is 93.3 cm³/mol. The van der Waals surface area contributed by atoms with Crippen molar-refractivity contribution in [1.29, 1.82) is 0 Å². The van der Waals surface area contributed by atoms with Gasteiger partial charge in [0.05, 0.1) is 12.0 Å². The normalized spacial score (nSPS) is 10.7. The van der Waals surface area contributed by atoms with Gasteiger partial charge in [-0.1, -0.05) is 18.2 Å². The predicted octanol–water partition coefficient (Wildman–Crippen LogP) is 2.52. The van der Waals surface area contributed by atoms with Crippen LogP contribution in [0, 0.1) is 0 Å². The van der Waals surface area contributed by atoms with Crippen LogP contribution in [-0.4, -0.2) is 34.9 Å². The topological polar surface area (TPSA) is 78.6 Å². The molecule has 5 nitrogen and oxygen atoms in total. The Morgan fingerprint density at radius 2 is 1.61 bits per heavy atom. The highest BCUT2D eigenvalue weighted by molar-refractivity contribution is 7.90. The summed E-state index contributed by atoms with van der Waals surface area (Å²) in [6.45, 7) is 0.844. The lowest BCUT2D eigenvalue weighted by Crippen LogP contribution is -2.11. The molecule has 0 saturated carbocycles. The molecule has 0 unspecified atom stereocenters. The number of halogens is 1. The molecule has 0 spiro atoms. The lowest BCUT2D eigenvalue weighted by molar-refractivity contribution is 0.302. The van der Waals surface area contributed by atoms with Crippen molar-refractivity contribution >= 4 is 22.2 Å². The van der Waals surface area contributed by atoms with Gasteiger partial charge in [-0.3, -0.25) is 0 Å². The Labute approximate surface area is 142 Å².